The number of benzene rings is 1. The van der Waals surface area contributed by atoms with Crippen molar-refractivity contribution < 1.29 is 14.9 Å². The lowest BCUT2D eigenvalue weighted by molar-refractivity contribution is 0.235. The first-order valence-corrected chi connectivity index (χ1v) is 5.46. The Kier molecular flexibility index (Phi) is 3.31. The summed E-state index contributed by atoms with van der Waals surface area (Å²) in [6.07, 6.45) is 0.844. The van der Waals surface area contributed by atoms with E-state index in [-0.39, 0.29) is 24.3 Å². The molecule has 3 N–H and O–H groups in total. The highest BCUT2D eigenvalue weighted by Gasteiger charge is 2.27. The van der Waals surface area contributed by atoms with Crippen LogP contribution in [0, 0.1) is 5.92 Å². The van der Waals surface area contributed by atoms with Gasteiger partial charge in [-0.2, -0.15) is 0 Å². The Morgan fingerprint density at radius 3 is 2.94 bits per heavy atom. The molecule has 1 fully saturated rings. The van der Waals surface area contributed by atoms with Gasteiger partial charge in [-0.25, -0.2) is 0 Å². The fourth-order valence-electron chi connectivity index (χ4n) is 2.17. The summed E-state index contributed by atoms with van der Waals surface area (Å²) in [7, 11) is 1.54. The molecule has 88 valence electrons. The average molecular weight is 223 g/mol. The highest BCUT2D eigenvalue weighted by molar-refractivity contribution is 5.47. The summed E-state index contributed by atoms with van der Waals surface area (Å²) in [5, 5.41) is 22.3. The zero-order valence-corrected chi connectivity index (χ0v) is 9.31. The van der Waals surface area contributed by atoms with Crippen molar-refractivity contribution in [2.45, 2.75) is 12.5 Å². The van der Waals surface area contributed by atoms with Crippen LogP contribution < -0.4 is 10.1 Å². The Labute approximate surface area is 94.9 Å². The number of hydrogen-bond donors (Lipinski definition) is 3. The van der Waals surface area contributed by atoms with Crippen LogP contribution in [0.2, 0.25) is 0 Å². The van der Waals surface area contributed by atoms with Gasteiger partial charge in [-0.05, 0) is 18.4 Å². The standard InChI is InChI=1S/C12H17NO3/c1-16-11-4-2-3-9(12(11)15)10-5-8(7-14)6-13-10/h2-4,8,10,13-15H,5-7H2,1H3. The lowest BCUT2D eigenvalue weighted by Gasteiger charge is -2.14. The second-order valence-electron chi connectivity index (χ2n) is 4.14. The first kappa shape index (κ1) is 11.2. The smallest absolute Gasteiger partial charge is 0.162 e. The van der Waals surface area contributed by atoms with Crippen molar-refractivity contribution in [1.82, 2.24) is 5.32 Å². The van der Waals surface area contributed by atoms with Gasteiger partial charge in [0.25, 0.3) is 0 Å². The summed E-state index contributed by atoms with van der Waals surface area (Å²) in [6, 6.07) is 5.58. The number of rotatable bonds is 3. The molecule has 4 nitrogen and oxygen atoms in total. The maximum atomic E-state index is 9.98. The van der Waals surface area contributed by atoms with Crippen LogP contribution in [0.5, 0.6) is 11.5 Å². The maximum Gasteiger partial charge on any atom is 0.162 e. The largest absolute Gasteiger partial charge is 0.504 e. The fraction of sp³-hybridized carbons (Fsp3) is 0.500. The summed E-state index contributed by atoms with van der Waals surface area (Å²) < 4.78 is 5.07. The summed E-state index contributed by atoms with van der Waals surface area (Å²) in [6.45, 7) is 0.978. The highest BCUT2D eigenvalue weighted by Crippen LogP contribution is 2.37. The predicted octanol–water partition coefficient (Wildman–Crippen LogP) is 1.04. The molecule has 2 unspecified atom stereocenters. The van der Waals surface area contributed by atoms with Crippen LogP contribution in [-0.2, 0) is 0 Å². The van der Waals surface area contributed by atoms with Crippen LogP contribution in [0.4, 0.5) is 0 Å². The number of aliphatic hydroxyl groups excluding tert-OH is 1. The SMILES string of the molecule is COc1cccc(C2CC(CO)CN2)c1O. The second-order valence-corrected chi connectivity index (χ2v) is 4.14. The minimum atomic E-state index is 0.104. The Balaban J connectivity index is 2.21. The molecule has 0 aliphatic carbocycles. The van der Waals surface area contributed by atoms with E-state index in [4.69, 9.17) is 9.84 Å². The Bertz CT molecular complexity index is 367. The lowest BCUT2D eigenvalue weighted by Crippen LogP contribution is -2.14. The van der Waals surface area contributed by atoms with Gasteiger partial charge in [0.15, 0.2) is 11.5 Å². The molecular formula is C12H17NO3. The summed E-state index contributed by atoms with van der Waals surface area (Å²) >= 11 is 0. The third-order valence-corrected chi connectivity index (χ3v) is 3.11. The molecule has 2 rings (SSSR count). The second kappa shape index (κ2) is 4.72. The molecule has 1 heterocycles. The number of aliphatic hydroxyl groups is 1. The zero-order valence-electron chi connectivity index (χ0n) is 9.31. The molecule has 0 spiro atoms. The van der Waals surface area contributed by atoms with Crippen molar-refractivity contribution in [2.24, 2.45) is 5.92 Å². The molecule has 16 heavy (non-hydrogen) atoms. The van der Waals surface area contributed by atoms with Gasteiger partial charge < -0.3 is 20.3 Å². The quantitative estimate of drug-likeness (QED) is 0.716. The summed E-state index contributed by atoms with van der Waals surface area (Å²) in [5.74, 6) is 0.962. The molecule has 1 aromatic carbocycles. The van der Waals surface area contributed by atoms with Crippen molar-refractivity contribution >= 4 is 0 Å². The van der Waals surface area contributed by atoms with Crippen LogP contribution in [0.15, 0.2) is 18.2 Å². The molecular weight excluding hydrogens is 206 g/mol. The van der Waals surface area contributed by atoms with Gasteiger partial charge >= 0.3 is 0 Å². The van der Waals surface area contributed by atoms with E-state index in [1.54, 1.807) is 6.07 Å². The van der Waals surface area contributed by atoms with Gasteiger partial charge in [0.1, 0.15) is 0 Å². The van der Waals surface area contributed by atoms with E-state index in [9.17, 15) is 5.11 Å². The van der Waals surface area contributed by atoms with Gasteiger partial charge in [0.2, 0.25) is 0 Å². The molecule has 2 atom stereocenters. The summed E-state index contributed by atoms with van der Waals surface area (Å²) in [4.78, 5) is 0. The topological polar surface area (TPSA) is 61.7 Å². The molecule has 0 bridgehead atoms. The van der Waals surface area contributed by atoms with Crippen molar-refractivity contribution in [3.8, 4) is 11.5 Å². The van der Waals surface area contributed by atoms with E-state index in [1.165, 1.54) is 7.11 Å². The average Bonchev–Trinajstić information content (AvgIpc) is 2.78. The first-order valence-electron chi connectivity index (χ1n) is 5.46. The minimum Gasteiger partial charge on any atom is -0.504 e. The third-order valence-electron chi connectivity index (χ3n) is 3.11. The van der Waals surface area contributed by atoms with Crippen LogP contribution in [0.3, 0.4) is 0 Å². The number of hydrogen-bond acceptors (Lipinski definition) is 4. The number of phenolic OH excluding ortho intramolecular Hbond substituents is 1. The van der Waals surface area contributed by atoms with Gasteiger partial charge in [0.05, 0.1) is 7.11 Å². The Morgan fingerprint density at radius 1 is 1.50 bits per heavy atom. The molecule has 0 aromatic heterocycles. The van der Waals surface area contributed by atoms with Crippen molar-refractivity contribution in [3.63, 3.8) is 0 Å². The molecule has 0 amide bonds. The first-order chi connectivity index (χ1) is 7.76. The number of phenols is 1. The maximum absolute atomic E-state index is 9.98. The van der Waals surface area contributed by atoms with Crippen molar-refractivity contribution in [2.75, 3.05) is 20.3 Å². The lowest BCUT2D eigenvalue weighted by atomic mass is 9.99. The molecule has 1 saturated heterocycles. The van der Waals surface area contributed by atoms with Crippen molar-refractivity contribution in [3.05, 3.63) is 23.8 Å². The van der Waals surface area contributed by atoms with Gasteiger partial charge in [-0.1, -0.05) is 12.1 Å². The van der Waals surface area contributed by atoms with E-state index < -0.39 is 0 Å². The van der Waals surface area contributed by atoms with E-state index in [1.807, 2.05) is 12.1 Å². The number of methoxy groups -OCH3 is 1. The molecule has 0 radical (unpaired) electrons. The van der Waals surface area contributed by atoms with E-state index in [0.29, 0.717) is 5.75 Å². The molecule has 0 saturated carbocycles. The van der Waals surface area contributed by atoms with Crippen LogP contribution in [-0.4, -0.2) is 30.5 Å². The molecule has 1 aliphatic rings. The third kappa shape index (κ3) is 1.99. The number of ether oxygens (including phenoxy) is 1. The molecule has 1 aromatic rings. The monoisotopic (exact) mass is 223 g/mol. The summed E-state index contributed by atoms with van der Waals surface area (Å²) in [5.41, 5.74) is 0.843. The number of para-hydroxylation sites is 1. The zero-order chi connectivity index (χ0) is 11.5. The van der Waals surface area contributed by atoms with E-state index in [2.05, 4.69) is 5.32 Å². The van der Waals surface area contributed by atoms with Crippen LogP contribution in [0.1, 0.15) is 18.0 Å². The minimum absolute atomic E-state index is 0.104. The van der Waals surface area contributed by atoms with Gasteiger partial charge in [0, 0.05) is 24.8 Å². The highest BCUT2D eigenvalue weighted by atomic mass is 16.5. The van der Waals surface area contributed by atoms with E-state index >= 15 is 0 Å². The molecule has 1 aliphatic heterocycles. The van der Waals surface area contributed by atoms with Gasteiger partial charge in [-0.3, -0.25) is 0 Å². The number of aromatic hydroxyl groups is 1. The normalized spacial score (nSPS) is 24.6. The van der Waals surface area contributed by atoms with Crippen molar-refractivity contribution in [1.29, 1.82) is 0 Å². The fourth-order valence-corrected chi connectivity index (χ4v) is 2.17. The Morgan fingerprint density at radius 2 is 2.31 bits per heavy atom. The predicted molar refractivity (Wildman–Crippen MR) is 60.6 cm³/mol. The van der Waals surface area contributed by atoms with Gasteiger partial charge in [-0.15, -0.1) is 0 Å². The molecule has 4 heteroatoms. The van der Waals surface area contributed by atoms with E-state index in [0.717, 1.165) is 18.5 Å². The van der Waals surface area contributed by atoms with Crippen LogP contribution >= 0.6 is 0 Å². The number of nitrogens with one attached hydrogen (secondary N) is 1. The Hall–Kier alpha value is -1.26. The van der Waals surface area contributed by atoms with Crippen LogP contribution in [0.25, 0.3) is 0 Å².